The molecule has 0 bridgehead atoms. The van der Waals surface area contributed by atoms with Gasteiger partial charge in [-0.25, -0.2) is 4.52 Å². The lowest BCUT2D eigenvalue weighted by molar-refractivity contribution is 0.1000. The van der Waals surface area contributed by atoms with Gasteiger partial charge in [-0.15, -0.1) is 0 Å². The van der Waals surface area contributed by atoms with E-state index < -0.39 is 5.91 Å². The molecular formula is C8H6BrN3O. The Kier molecular flexibility index (Phi) is 1.81. The average molecular weight is 240 g/mol. The molecule has 2 rings (SSSR count). The summed E-state index contributed by atoms with van der Waals surface area (Å²) in [4.78, 5) is 10.9. The predicted octanol–water partition coefficient (Wildman–Crippen LogP) is 1.20. The van der Waals surface area contributed by atoms with Crippen LogP contribution in [-0.4, -0.2) is 15.5 Å². The van der Waals surface area contributed by atoms with E-state index in [1.165, 1.54) is 0 Å². The minimum Gasteiger partial charge on any atom is -0.366 e. The second-order valence-electron chi connectivity index (χ2n) is 2.60. The maximum atomic E-state index is 10.9. The summed E-state index contributed by atoms with van der Waals surface area (Å²) in [5, 5.41) is 4.04. The van der Waals surface area contributed by atoms with Crippen LogP contribution in [0.5, 0.6) is 0 Å². The first kappa shape index (κ1) is 8.25. The molecule has 2 aromatic heterocycles. The van der Waals surface area contributed by atoms with Gasteiger partial charge in [-0.05, 0) is 34.1 Å². The van der Waals surface area contributed by atoms with Crippen LogP contribution in [0.3, 0.4) is 0 Å². The largest absolute Gasteiger partial charge is 0.366 e. The fraction of sp³-hybridized carbons (Fsp3) is 0. The Hall–Kier alpha value is -1.36. The fourth-order valence-electron chi connectivity index (χ4n) is 1.13. The van der Waals surface area contributed by atoms with Crippen LogP contribution in [0.15, 0.2) is 29.0 Å². The standard InChI is InChI=1S/C8H6BrN3O/c9-7-4-5(8(10)13)3-6-1-2-11-12(6)7/h1-4H,(H2,10,13). The van der Waals surface area contributed by atoms with Gasteiger partial charge in [0.05, 0.1) is 11.7 Å². The van der Waals surface area contributed by atoms with Crippen molar-refractivity contribution in [2.24, 2.45) is 5.73 Å². The van der Waals surface area contributed by atoms with E-state index >= 15 is 0 Å². The number of halogens is 1. The van der Waals surface area contributed by atoms with Crippen molar-refractivity contribution in [3.63, 3.8) is 0 Å². The number of pyridine rings is 1. The van der Waals surface area contributed by atoms with E-state index in [4.69, 9.17) is 5.73 Å². The number of hydrogen-bond acceptors (Lipinski definition) is 2. The van der Waals surface area contributed by atoms with Gasteiger partial charge in [0.2, 0.25) is 5.91 Å². The van der Waals surface area contributed by atoms with E-state index in [0.717, 1.165) is 5.52 Å². The second kappa shape index (κ2) is 2.85. The fourth-order valence-corrected chi connectivity index (χ4v) is 1.68. The number of carbonyl (C=O) groups excluding carboxylic acids is 1. The van der Waals surface area contributed by atoms with Gasteiger partial charge in [-0.2, -0.15) is 5.10 Å². The van der Waals surface area contributed by atoms with E-state index in [-0.39, 0.29) is 0 Å². The lowest BCUT2D eigenvalue weighted by Crippen LogP contribution is -2.11. The molecule has 0 saturated carbocycles. The molecule has 0 aliphatic heterocycles. The van der Waals surface area contributed by atoms with Gasteiger partial charge in [0.1, 0.15) is 4.60 Å². The Morgan fingerprint density at radius 2 is 2.31 bits per heavy atom. The van der Waals surface area contributed by atoms with Gasteiger partial charge < -0.3 is 5.73 Å². The number of amides is 1. The molecule has 0 saturated heterocycles. The van der Waals surface area contributed by atoms with Crippen LogP contribution in [0.25, 0.3) is 5.52 Å². The Labute approximate surface area is 82.5 Å². The molecular weight excluding hydrogens is 234 g/mol. The van der Waals surface area contributed by atoms with E-state index in [9.17, 15) is 4.79 Å². The second-order valence-corrected chi connectivity index (χ2v) is 3.41. The molecule has 2 N–H and O–H groups in total. The van der Waals surface area contributed by atoms with Crippen LogP contribution in [0, 0.1) is 0 Å². The highest BCUT2D eigenvalue weighted by Gasteiger charge is 2.05. The van der Waals surface area contributed by atoms with E-state index in [2.05, 4.69) is 21.0 Å². The monoisotopic (exact) mass is 239 g/mol. The van der Waals surface area contributed by atoms with E-state index in [0.29, 0.717) is 10.2 Å². The van der Waals surface area contributed by atoms with Gasteiger partial charge in [-0.1, -0.05) is 0 Å². The van der Waals surface area contributed by atoms with Crippen LogP contribution in [0.2, 0.25) is 0 Å². The number of rotatable bonds is 1. The first-order valence-electron chi connectivity index (χ1n) is 3.61. The molecule has 2 heterocycles. The minimum atomic E-state index is -0.440. The number of nitrogens with two attached hydrogens (primary N) is 1. The first-order valence-corrected chi connectivity index (χ1v) is 4.41. The normalized spacial score (nSPS) is 10.5. The zero-order valence-electron chi connectivity index (χ0n) is 6.57. The van der Waals surface area contributed by atoms with Crippen molar-refractivity contribution in [3.05, 3.63) is 34.6 Å². The maximum Gasteiger partial charge on any atom is 0.248 e. The number of fused-ring (bicyclic) bond motifs is 1. The Morgan fingerprint density at radius 1 is 1.54 bits per heavy atom. The topological polar surface area (TPSA) is 60.4 Å². The molecule has 2 aromatic rings. The SMILES string of the molecule is NC(=O)c1cc(Br)n2nccc2c1. The molecule has 13 heavy (non-hydrogen) atoms. The summed E-state index contributed by atoms with van der Waals surface area (Å²) in [6.07, 6.45) is 1.66. The van der Waals surface area contributed by atoms with Gasteiger partial charge in [-0.3, -0.25) is 4.79 Å². The van der Waals surface area contributed by atoms with Crippen molar-refractivity contribution in [2.45, 2.75) is 0 Å². The Balaban J connectivity index is 2.77. The maximum absolute atomic E-state index is 10.9. The summed E-state index contributed by atoms with van der Waals surface area (Å²) in [6, 6.07) is 5.14. The molecule has 5 heteroatoms. The summed E-state index contributed by atoms with van der Waals surface area (Å²) >= 11 is 3.29. The van der Waals surface area contributed by atoms with Gasteiger partial charge in [0, 0.05) is 5.56 Å². The van der Waals surface area contributed by atoms with Crippen molar-refractivity contribution in [2.75, 3.05) is 0 Å². The Bertz CT molecular complexity index is 477. The number of aromatic nitrogens is 2. The smallest absolute Gasteiger partial charge is 0.248 e. The summed E-state index contributed by atoms with van der Waals surface area (Å²) in [5.41, 5.74) is 6.46. The third-order valence-corrected chi connectivity index (χ3v) is 2.30. The van der Waals surface area contributed by atoms with Gasteiger partial charge >= 0.3 is 0 Å². The van der Waals surface area contributed by atoms with E-state index in [1.54, 1.807) is 28.9 Å². The van der Waals surface area contributed by atoms with Crippen LogP contribution in [0.4, 0.5) is 0 Å². The molecule has 0 atom stereocenters. The quantitative estimate of drug-likeness (QED) is 0.761. The number of nitrogens with zero attached hydrogens (tertiary/aromatic N) is 2. The summed E-state index contributed by atoms with van der Waals surface area (Å²) < 4.78 is 2.38. The van der Waals surface area contributed by atoms with Crippen molar-refractivity contribution < 1.29 is 4.79 Å². The molecule has 4 nitrogen and oxygen atoms in total. The average Bonchev–Trinajstić information content (AvgIpc) is 2.51. The summed E-state index contributed by atoms with van der Waals surface area (Å²) in [6.45, 7) is 0. The number of hydrogen-bond donors (Lipinski definition) is 1. The van der Waals surface area contributed by atoms with Crippen LogP contribution in [-0.2, 0) is 0 Å². The zero-order chi connectivity index (χ0) is 9.42. The van der Waals surface area contributed by atoms with Gasteiger partial charge in [0.25, 0.3) is 0 Å². The van der Waals surface area contributed by atoms with E-state index in [1.807, 2.05) is 0 Å². The minimum absolute atomic E-state index is 0.440. The molecule has 0 spiro atoms. The van der Waals surface area contributed by atoms with Crippen molar-refractivity contribution >= 4 is 27.4 Å². The molecule has 0 fully saturated rings. The Morgan fingerprint density at radius 3 is 3.00 bits per heavy atom. The van der Waals surface area contributed by atoms with Crippen molar-refractivity contribution in [1.82, 2.24) is 9.61 Å². The van der Waals surface area contributed by atoms with Crippen molar-refractivity contribution in [3.8, 4) is 0 Å². The van der Waals surface area contributed by atoms with Crippen LogP contribution < -0.4 is 5.73 Å². The molecule has 1 amide bonds. The third-order valence-electron chi connectivity index (χ3n) is 1.74. The summed E-state index contributed by atoms with van der Waals surface area (Å²) in [5.74, 6) is -0.440. The molecule has 66 valence electrons. The first-order chi connectivity index (χ1) is 6.18. The highest BCUT2D eigenvalue weighted by molar-refractivity contribution is 9.10. The molecule has 0 unspecified atom stereocenters. The predicted molar refractivity (Wildman–Crippen MR) is 51.4 cm³/mol. The lowest BCUT2D eigenvalue weighted by Gasteiger charge is -1.99. The third kappa shape index (κ3) is 1.31. The van der Waals surface area contributed by atoms with Gasteiger partial charge in [0.15, 0.2) is 0 Å². The molecule has 0 aromatic carbocycles. The van der Waals surface area contributed by atoms with Crippen LogP contribution in [0.1, 0.15) is 10.4 Å². The highest BCUT2D eigenvalue weighted by atomic mass is 79.9. The number of carbonyl (C=O) groups is 1. The number of primary amides is 1. The molecule has 0 aliphatic carbocycles. The van der Waals surface area contributed by atoms with Crippen molar-refractivity contribution in [1.29, 1.82) is 0 Å². The lowest BCUT2D eigenvalue weighted by atomic mass is 10.2. The summed E-state index contributed by atoms with van der Waals surface area (Å²) in [7, 11) is 0. The zero-order valence-corrected chi connectivity index (χ0v) is 8.15. The molecule has 0 aliphatic rings. The van der Waals surface area contributed by atoms with Crippen LogP contribution >= 0.6 is 15.9 Å². The molecule has 0 radical (unpaired) electrons. The highest BCUT2D eigenvalue weighted by Crippen LogP contribution is 2.15.